The molecular weight excluding hydrogens is 406 g/mol. The summed E-state index contributed by atoms with van der Waals surface area (Å²) in [6.07, 6.45) is 12.6. The van der Waals surface area contributed by atoms with Gasteiger partial charge >= 0.3 is 0 Å². The monoisotopic (exact) mass is 440 g/mol. The highest BCUT2D eigenvalue weighted by atomic mass is 19.2. The number of hydrogen-bond donors (Lipinski definition) is 0. The van der Waals surface area contributed by atoms with Crippen LogP contribution in [0.25, 0.3) is 0 Å². The van der Waals surface area contributed by atoms with Crippen LogP contribution < -0.4 is 9.47 Å². The highest BCUT2D eigenvalue weighted by Crippen LogP contribution is 2.42. The Morgan fingerprint density at radius 3 is 2.22 bits per heavy atom. The highest BCUT2D eigenvalue weighted by Gasteiger charge is 2.28. The van der Waals surface area contributed by atoms with Crippen molar-refractivity contribution in [1.82, 2.24) is 0 Å². The zero-order valence-corrected chi connectivity index (χ0v) is 19.2. The Morgan fingerprint density at radius 2 is 1.56 bits per heavy atom. The second-order valence-electron chi connectivity index (χ2n) is 9.36. The molecule has 0 amide bonds. The van der Waals surface area contributed by atoms with Gasteiger partial charge < -0.3 is 9.47 Å². The summed E-state index contributed by atoms with van der Waals surface area (Å²) in [6.45, 7) is 4.31. The highest BCUT2D eigenvalue weighted by molar-refractivity contribution is 5.33. The number of halogens is 2. The first-order valence-electron chi connectivity index (χ1n) is 12.1. The molecule has 1 fully saturated rings. The van der Waals surface area contributed by atoms with Crippen LogP contribution in [0, 0.1) is 29.4 Å². The maximum atomic E-state index is 14.2. The third-order valence-corrected chi connectivity index (χ3v) is 7.19. The van der Waals surface area contributed by atoms with E-state index in [1.165, 1.54) is 56.2 Å². The lowest BCUT2D eigenvalue weighted by Crippen LogP contribution is -2.22. The number of allylic oxidation sites excluding steroid dienone is 2. The molecule has 0 N–H and O–H groups in total. The molecule has 1 saturated carbocycles. The van der Waals surface area contributed by atoms with Gasteiger partial charge in [0.25, 0.3) is 0 Å². The van der Waals surface area contributed by atoms with Crippen LogP contribution in [0.2, 0.25) is 0 Å². The van der Waals surface area contributed by atoms with E-state index < -0.39 is 11.6 Å². The summed E-state index contributed by atoms with van der Waals surface area (Å²) in [5.41, 5.74) is 1.53. The van der Waals surface area contributed by atoms with E-state index in [1.807, 2.05) is 12.1 Å². The molecule has 172 valence electrons. The fourth-order valence-corrected chi connectivity index (χ4v) is 5.20. The molecule has 32 heavy (non-hydrogen) atoms. The van der Waals surface area contributed by atoms with E-state index in [0.29, 0.717) is 11.7 Å². The third kappa shape index (κ3) is 5.33. The van der Waals surface area contributed by atoms with Crippen LogP contribution in [-0.4, -0.2) is 6.61 Å². The van der Waals surface area contributed by atoms with Crippen molar-refractivity contribution in [3.8, 4) is 11.5 Å². The molecule has 0 aliphatic heterocycles. The summed E-state index contributed by atoms with van der Waals surface area (Å²) in [6, 6.07) is 11.1. The van der Waals surface area contributed by atoms with Gasteiger partial charge in [-0.3, -0.25) is 0 Å². The van der Waals surface area contributed by atoms with E-state index in [4.69, 9.17) is 9.47 Å². The Bertz CT molecular complexity index is 914. The van der Waals surface area contributed by atoms with Crippen molar-refractivity contribution in [3.05, 3.63) is 71.3 Å². The molecule has 0 bridgehead atoms. The Morgan fingerprint density at radius 1 is 0.812 bits per heavy atom. The predicted octanol–water partition coefficient (Wildman–Crippen LogP) is 7.82. The smallest absolute Gasteiger partial charge is 0.201 e. The van der Waals surface area contributed by atoms with Crippen molar-refractivity contribution in [3.63, 3.8) is 0 Å². The summed E-state index contributed by atoms with van der Waals surface area (Å²) in [4.78, 5) is 0. The molecule has 0 heterocycles. The fraction of sp³-hybridized carbons (Fsp3) is 0.500. The number of hydrogen-bond acceptors (Lipinski definition) is 2. The van der Waals surface area contributed by atoms with Crippen molar-refractivity contribution >= 4 is 0 Å². The summed E-state index contributed by atoms with van der Waals surface area (Å²) in [7, 11) is 0. The Balaban J connectivity index is 1.29. The average Bonchev–Trinajstić information content (AvgIpc) is 2.83. The zero-order valence-electron chi connectivity index (χ0n) is 19.2. The summed E-state index contributed by atoms with van der Waals surface area (Å²) in [5.74, 6) is 1.68. The van der Waals surface area contributed by atoms with Gasteiger partial charge in [-0.2, -0.15) is 4.39 Å². The molecular formula is C28H34F2O2. The minimum absolute atomic E-state index is 0.0207. The minimum Gasteiger partial charge on any atom is -0.491 e. The van der Waals surface area contributed by atoms with Crippen LogP contribution in [0.1, 0.15) is 69.4 Å². The van der Waals surface area contributed by atoms with Crippen LogP contribution in [0.3, 0.4) is 0 Å². The van der Waals surface area contributed by atoms with Crippen molar-refractivity contribution in [2.24, 2.45) is 17.8 Å². The molecule has 4 rings (SSSR count). The van der Waals surface area contributed by atoms with Crippen LogP contribution in [0.15, 0.2) is 48.6 Å². The van der Waals surface area contributed by atoms with E-state index in [0.717, 1.165) is 17.8 Å². The van der Waals surface area contributed by atoms with Gasteiger partial charge in [0.2, 0.25) is 5.82 Å². The Hall–Kier alpha value is -2.36. The van der Waals surface area contributed by atoms with Gasteiger partial charge in [-0.1, -0.05) is 31.2 Å². The first kappa shape index (κ1) is 22.8. The molecule has 2 atom stereocenters. The molecule has 2 unspecified atom stereocenters. The molecule has 2 aliphatic rings. The van der Waals surface area contributed by atoms with E-state index in [1.54, 1.807) is 6.92 Å². The topological polar surface area (TPSA) is 18.5 Å². The predicted molar refractivity (Wildman–Crippen MR) is 124 cm³/mol. The first-order valence-corrected chi connectivity index (χ1v) is 12.1. The number of benzene rings is 2. The Labute approximate surface area is 190 Å². The average molecular weight is 441 g/mol. The second kappa shape index (κ2) is 10.5. The van der Waals surface area contributed by atoms with Gasteiger partial charge in [0.1, 0.15) is 12.4 Å². The van der Waals surface area contributed by atoms with Crippen molar-refractivity contribution in [1.29, 1.82) is 0 Å². The van der Waals surface area contributed by atoms with Crippen molar-refractivity contribution in [2.45, 2.75) is 64.9 Å². The van der Waals surface area contributed by atoms with E-state index in [9.17, 15) is 8.78 Å². The fourth-order valence-electron chi connectivity index (χ4n) is 5.20. The quantitative estimate of drug-likeness (QED) is 0.409. The lowest BCUT2D eigenvalue weighted by Gasteiger charge is -2.34. The summed E-state index contributed by atoms with van der Waals surface area (Å²) in [5, 5.41) is 0. The van der Waals surface area contributed by atoms with Crippen LogP contribution >= 0.6 is 0 Å². The van der Waals surface area contributed by atoms with Gasteiger partial charge in [-0.15, -0.1) is 0 Å². The van der Waals surface area contributed by atoms with Crippen LogP contribution in [0.5, 0.6) is 11.5 Å². The van der Waals surface area contributed by atoms with Crippen LogP contribution in [0.4, 0.5) is 8.78 Å². The molecule has 2 nitrogen and oxygen atoms in total. The number of ether oxygens (including phenoxy) is 2. The maximum Gasteiger partial charge on any atom is 0.201 e. The second-order valence-corrected chi connectivity index (χ2v) is 9.36. The molecule has 2 aromatic rings. The molecule has 0 saturated heterocycles. The molecule has 0 aromatic heterocycles. The molecule has 0 radical (unpaired) electrons. The maximum absolute atomic E-state index is 14.2. The van der Waals surface area contributed by atoms with E-state index >= 15 is 0 Å². The molecule has 4 heteroatoms. The lowest BCUT2D eigenvalue weighted by molar-refractivity contribution is 0.242. The van der Waals surface area contributed by atoms with Gasteiger partial charge in [0, 0.05) is 5.56 Å². The standard InChI is InChI=1S/C28H34F2O2/c1-3-31-26-17-14-24(27(29)28(26)30)18-32-25-15-12-23(13-16-25)22-10-8-21(9-11-22)20-6-4-19(2)5-7-20/h4,6,12-17,19-22H,3,5,7-11,18H2,1-2H3. The SMILES string of the molecule is CCOc1ccc(COc2ccc(C3CCC(C4C=CC(C)CC4)CC3)cc2)c(F)c1F. The van der Waals surface area contributed by atoms with E-state index in [2.05, 4.69) is 31.2 Å². The van der Waals surface area contributed by atoms with E-state index in [-0.39, 0.29) is 24.5 Å². The number of rotatable bonds is 7. The zero-order chi connectivity index (χ0) is 22.5. The van der Waals surface area contributed by atoms with Gasteiger partial charge in [-0.05, 0) is 98.9 Å². The normalized spacial score (nSPS) is 25.5. The lowest BCUT2D eigenvalue weighted by atomic mass is 9.71. The third-order valence-electron chi connectivity index (χ3n) is 7.19. The molecule has 2 aliphatic carbocycles. The van der Waals surface area contributed by atoms with Crippen molar-refractivity contribution < 1.29 is 18.3 Å². The summed E-state index contributed by atoms with van der Waals surface area (Å²) >= 11 is 0. The molecule has 0 spiro atoms. The minimum atomic E-state index is -0.961. The molecule has 2 aromatic carbocycles. The summed E-state index contributed by atoms with van der Waals surface area (Å²) < 4.78 is 39.1. The van der Waals surface area contributed by atoms with Crippen molar-refractivity contribution in [2.75, 3.05) is 6.61 Å². The first-order chi connectivity index (χ1) is 15.5. The van der Waals surface area contributed by atoms with Gasteiger partial charge in [0.05, 0.1) is 6.61 Å². The Kier molecular flexibility index (Phi) is 7.49. The van der Waals surface area contributed by atoms with Gasteiger partial charge in [-0.25, -0.2) is 4.39 Å². The van der Waals surface area contributed by atoms with Gasteiger partial charge in [0.15, 0.2) is 11.6 Å². The van der Waals surface area contributed by atoms with Crippen LogP contribution in [-0.2, 0) is 6.61 Å². The largest absolute Gasteiger partial charge is 0.491 e.